The third-order valence-electron chi connectivity index (χ3n) is 3.70. The Kier molecular flexibility index (Phi) is 4.17. The van der Waals surface area contributed by atoms with Gasteiger partial charge in [-0.2, -0.15) is 0 Å². The van der Waals surface area contributed by atoms with Gasteiger partial charge in [0.25, 0.3) is 5.91 Å². The maximum Gasteiger partial charge on any atom is 0.287 e. The van der Waals surface area contributed by atoms with Crippen molar-refractivity contribution in [3.63, 3.8) is 0 Å². The molecular formula is C15H15Br2NO2. The zero-order valence-corrected chi connectivity index (χ0v) is 14.1. The van der Waals surface area contributed by atoms with E-state index >= 15 is 0 Å². The second kappa shape index (κ2) is 5.90. The smallest absolute Gasteiger partial charge is 0.287 e. The molecule has 106 valence electrons. The summed E-state index contributed by atoms with van der Waals surface area (Å²) in [6, 6.07) is 5.94. The topological polar surface area (TPSA) is 42.2 Å². The standard InChI is InChI=1S/C15H15Br2NO2/c16-10-6-9-7-13(20-14(9)12(17)8-10)15(19)18-11-4-2-1-3-5-11/h6-8,11H,1-5H2,(H,18,19). The molecule has 1 aliphatic carbocycles. The molecule has 1 saturated carbocycles. The molecule has 0 saturated heterocycles. The van der Waals surface area contributed by atoms with E-state index in [1.807, 2.05) is 12.1 Å². The molecule has 5 heteroatoms. The summed E-state index contributed by atoms with van der Waals surface area (Å²) >= 11 is 6.89. The monoisotopic (exact) mass is 399 g/mol. The van der Waals surface area contributed by atoms with Crippen molar-refractivity contribution in [2.45, 2.75) is 38.1 Å². The van der Waals surface area contributed by atoms with Gasteiger partial charge in [0.05, 0.1) is 4.47 Å². The Labute approximate surface area is 134 Å². The molecule has 0 radical (unpaired) electrons. The van der Waals surface area contributed by atoms with Gasteiger partial charge in [-0.25, -0.2) is 0 Å². The normalized spacial score (nSPS) is 16.5. The van der Waals surface area contributed by atoms with Crippen LogP contribution < -0.4 is 5.32 Å². The van der Waals surface area contributed by atoms with Crippen LogP contribution in [0.5, 0.6) is 0 Å². The number of hydrogen-bond acceptors (Lipinski definition) is 2. The van der Waals surface area contributed by atoms with Crippen molar-refractivity contribution in [1.29, 1.82) is 0 Å². The van der Waals surface area contributed by atoms with Gasteiger partial charge in [-0.05, 0) is 47.0 Å². The van der Waals surface area contributed by atoms with Crippen LogP contribution in [0.25, 0.3) is 11.0 Å². The molecule has 1 aromatic carbocycles. The maximum atomic E-state index is 12.2. The molecule has 20 heavy (non-hydrogen) atoms. The Balaban J connectivity index is 1.82. The van der Waals surface area contributed by atoms with E-state index in [4.69, 9.17) is 4.42 Å². The second-order valence-corrected chi connectivity index (χ2v) is 7.00. The summed E-state index contributed by atoms with van der Waals surface area (Å²) in [4.78, 5) is 12.2. The SMILES string of the molecule is O=C(NC1CCCCC1)c1cc2cc(Br)cc(Br)c2o1. The van der Waals surface area contributed by atoms with Gasteiger partial charge in [0.2, 0.25) is 0 Å². The summed E-state index contributed by atoms with van der Waals surface area (Å²) in [5.74, 6) is 0.264. The molecule has 0 aliphatic heterocycles. The summed E-state index contributed by atoms with van der Waals surface area (Å²) in [5, 5.41) is 3.99. The fourth-order valence-corrected chi connectivity index (χ4v) is 4.03. The molecule has 1 amide bonds. The van der Waals surface area contributed by atoms with E-state index in [0.717, 1.165) is 27.2 Å². The van der Waals surface area contributed by atoms with E-state index in [0.29, 0.717) is 17.4 Å². The number of benzene rings is 1. The first-order valence-electron chi connectivity index (χ1n) is 6.83. The summed E-state index contributed by atoms with van der Waals surface area (Å²) < 4.78 is 7.48. The van der Waals surface area contributed by atoms with E-state index in [1.54, 1.807) is 6.07 Å². The third-order valence-corrected chi connectivity index (χ3v) is 4.75. The molecule has 1 heterocycles. The Bertz CT molecular complexity index is 645. The van der Waals surface area contributed by atoms with Crippen molar-refractivity contribution in [3.8, 4) is 0 Å². The lowest BCUT2D eigenvalue weighted by atomic mass is 9.95. The highest BCUT2D eigenvalue weighted by Crippen LogP contribution is 2.31. The second-order valence-electron chi connectivity index (χ2n) is 5.23. The van der Waals surface area contributed by atoms with Crippen LogP contribution in [0.1, 0.15) is 42.7 Å². The minimum atomic E-state index is -0.115. The van der Waals surface area contributed by atoms with E-state index < -0.39 is 0 Å². The molecule has 1 aromatic heterocycles. The number of furan rings is 1. The number of amides is 1. The van der Waals surface area contributed by atoms with Crippen LogP contribution in [-0.2, 0) is 0 Å². The fourth-order valence-electron chi connectivity index (χ4n) is 2.69. The summed E-state index contributed by atoms with van der Waals surface area (Å²) in [6.07, 6.45) is 5.81. The molecule has 1 N–H and O–H groups in total. The number of nitrogens with one attached hydrogen (secondary N) is 1. The van der Waals surface area contributed by atoms with E-state index in [2.05, 4.69) is 37.2 Å². The first kappa shape index (κ1) is 14.1. The predicted molar refractivity (Wildman–Crippen MR) is 86.0 cm³/mol. The van der Waals surface area contributed by atoms with Crippen LogP contribution in [0, 0.1) is 0 Å². The highest BCUT2D eigenvalue weighted by molar-refractivity contribution is 9.11. The lowest BCUT2D eigenvalue weighted by Crippen LogP contribution is -2.35. The largest absolute Gasteiger partial charge is 0.450 e. The molecule has 3 nitrogen and oxygen atoms in total. The van der Waals surface area contributed by atoms with Gasteiger partial charge in [0.15, 0.2) is 5.76 Å². The average molecular weight is 401 g/mol. The maximum absolute atomic E-state index is 12.2. The van der Waals surface area contributed by atoms with Crippen LogP contribution in [0.4, 0.5) is 0 Å². The number of hydrogen-bond donors (Lipinski definition) is 1. The molecule has 1 aliphatic rings. The predicted octanol–water partition coefficient (Wildman–Crippen LogP) is 5.02. The molecule has 0 spiro atoms. The first-order valence-corrected chi connectivity index (χ1v) is 8.41. The minimum absolute atomic E-state index is 0.115. The Morgan fingerprint density at radius 3 is 2.65 bits per heavy atom. The zero-order chi connectivity index (χ0) is 14.1. The van der Waals surface area contributed by atoms with Gasteiger partial charge in [-0.1, -0.05) is 35.2 Å². The molecule has 0 unspecified atom stereocenters. The van der Waals surface area contributed by atoms with Gasteiger partial charge < -0.3 is 9.73 Å². The fraction of sp³-hybridized carbons (Fsp3) is 0.400. The van der Waals surface area contributed by atoms with E-state index in [-0.39, 0.29) is 5.91 Å². The molecule has 0 atom stereocenters. The van der Waals surface area contributed by atoms with Crippen LogP contribution >= 0.6 is 31.9 Å². The van der Waals surface area contributed by atoms with Gasteiger partial charge in [-0.15, -0.1) is 0 Å². The van der Waals surface area contributed by atoms with E-state index in [9.17, 15) is 4.79 Å². The van der Waals surface area contributed by atoms with Gasteiger partial charge in [0, 0.05) is 15.9 Å². The van der Waals surface area contributed by atoms with Crippen LogP contribution in [0.3, 0.4) is 0 Å². The number of rotatable bonds is 2. The molecular weight excluding hydrogens is 386 g/mol. The number of fused-ring (bicyclic) bond motifs is 1. The zero-order valence-electron chi connectivity index (χ0n) is 10.9. The van der Waals surface area contributed by atoms with Gasteiger partial charge in [-0.3, -0.25) is 4.79 Å². The van der Waals surface area contributed by atoms with Crippen molar-refractivity contribution in [2.75, 3.05) is 0 Å². The van der Waals surface area contributed by atoms with Crippen LogP contribution in [-0.4, -0.2) is 11.9 Å². The summed E-state index contributed by atoms with van der Waals surface area (Å²) in [7, 11) is 0. The number of halogens is 2. The lowest BCUT2D eigenvalue weighted by molar-refractivity contribution is 0.0901. The van der Waals surface area contributed by atoms with Crippen molar-refractivity contribution in [1.82, 2.24) is 5.32 Å². The van der Waals surface area contributed by atoms with E-state index in [1.165, 1.54) is 19.3 Å². The van der Waals surface area contributed by atoms with Crippen molar-refractivity contribution in [3.05, 3.63) is 32.9 Å². The van der Waals surface area contributed by atoms with Gasteiger partial charge in [0.1, 0.15) is 5.58 Å². The summed E-state index contributed by atoms with van der Waals surface area (Å²) in [6.45, 7) is 0. The molecule has 3 rings (SSSR count). The molecule has 0 bridgehead atoms. The Morgan fingerprint density at radius 1 is 1.15 bits per heavy atom. The van der Waals surface area contributed by atoms with Gasteiger partial charge >= 0.3 is 0 Å². The molecule has 1 fully saturated rings. The summed E-state index contributed by atoms with van der Waals surface area (Å²) in [5.41, 5.74) is 0.710. The van der Waals surface area contributed by atoms with Crippen molar-refractivity contribution in [2.24, 2.45) is 0 Å². The Hall–Kier alpha value is -0.810. The highest BCUT2D eigenvalue weighted by Gasteiger charge is 2.19. The Morgan fingerprint density at radius 2 is 1.90 bits per heavy atom. The highest BCUT2D eigenvalue weighted by atomic mass is 79.9. The molecule has 2 aromatic rings. The average Bonchev–Trinajstić information content (AvgIpc) is 2.84. The number of carbonyl (C=O) groups excluding carboxylic acids is 1. The third kappa shape index (κ3) is 2.93. The number of carbonyl (C=O) groups is 1. The van der Waals surface area contributed by atoms with Crippen LogP contribution in [0.15, 0.2) is 31.6 Å². The first-order chi connectivity index (χ1) is 9.63. The van der Waals surface area contributed by atoms with Crippen molar-refractivity contribution < 1.29 is 9.21 Å². The minimum Gasteiger partial charge on any atom is -0.450 e. The van der Waals surface area contributed by atoms with Crippen molar-refractivity contribution >= 4 is 48.7 Å². The lowest BCUT2D eigenvalue weighted by Gasteiger charge is -2.22. The quantitative estimate of drug-likeness (QED) is 0.768. The van der Waals surface area contributed by atoms with Crippen LogP contribution in [0.2, 0.25) is 0 Å².